The molecular formula is C12H15N3O3. The number of aliphatic hydroxyl groups excluding tert-OH is 1. The standard InChI is InChI=1S/C12H15N3O3/c1-5-12(2,3)8-6-9(13-18-8)15-10(16)7-14(4)11(15)17/h1,6,10,16H,7H2,2-4H3. The number of urea groups is 1. The first-order valence-electron chi connectivity index (χ1n) is 5.54. The van der Waals surface area contributed by atoms with Crippen molar-refractivity contribution in [3.63, 3.8) is 0 Å². The van der Waals surface area contributed by atoms with Crippen LogP contribution in [0.2, 0.25) is 0 Å². The van der Waals surface area contributed by atoms with Gasteiger partial charge in [0.15, 0.2) is 17.8 Å². The quantitative estimate of drug-likeness (QED) is 0.786. The number of amides is 2. The lowest BCUT2D eigenvalue weighted by Gasteiger charge is -2.15. The second kappa shape index (κ2) is 4.03. The number of hydrogen-bond acceptors (Lipinski definition) is 4. The Morgan fingerprint density at radius 1 is 1.67 bits per heavy atom. The van der Waals surface area contributed by atoms with Gasteiger partial charge in [-0.2, -0.15) is 0 Å². The second-order valence-electron chi connectivity index (χ2n) is 4.83. The first-order valence-corrected chi connectivity index (χ1v) is 5.54. The Bertz CT molecular complexity index is 515. The van der Waals surface area contributed by atoms with E-state index in [-0.39, 0.29) is 18.4 Å². The van der Waals surface area contributed by atoms with Crippen molar-refractivity contribution < 1.29 is 14.4 Å². The molecule has 2 heterocycles. The van der Waals surface area contributed by atoms with Crippen LogP contribution in [0, 0.1) is 12.3 Å². The van der Waals surface area contributed by atoms with Crippen molar-refractivity contribution in [1.82, 2.24) is 10.1 Å². The van der Waals surface area contributed by atoms with E-state index in [1.54, 1.807) is 13.1 Å². The molecule has 1 fully saturated rings. The molecule has 2 rings (SSSR count). The molecule has 0 spiro atoms. The minimum Gasteiger partial charge on any atom is -0.371 e. The Morgan fingerprint density at radius 3 is 2.83 bits per heavy atom. The fraction of sp³-hybridized carbons (Fsp3) is 0.500. The van der Waals surface area contributed by atoms with Crippen LogP contribution in [0.15, 0.2) is 10.6 Å². The summed E-state index contributed by atoms with van der Waals surface area (Å²) in [6.07, 6.45) is 4.48. The van der Waals surface area contributed by atoms with E-state index >= 15 is 0 Å². The van der Waals surface area contributed by atoms with E-state index in [1.807, 2.05) is 13.8 Å². The van der Waals surface area contributed by atoms with E-state index in [1.165, 1.54) is 9.80 Å². The number of β-amino-alcohol motifs (C(OH)–C–C–N with tert-alkyl or cyclic N) is 1. The van der Waals surface area contributed by atoms with Crippen LogP contribution in [0.4, 0.5) is 10.6 Å². The molecule has 0 aromatic carbocycles. The van der Waals surface area contributed by atoms with Crippen LogP contribution in [-0.2, 0) is 5.41 Å². The smallest absolute Gasteiger partial charge is 0.327 e. The van der Waals surface area contributed by atoms with Gasteiger partial charge in [0, 0.05) is 13.1 Å². The predicted octanol–water partition coefficient (Wildman–Crippen LogP) is 0.776. The van der Waals surface area contributed by atoms with Gasteiger partial charge in [-0.15, -0.1) is 6.42 Å². The van der Waals surface area contributed by atoms with Gasteiger partial charge in [0.05, 0.1) is 12.0 Å². The molecule has 6 heteroatoms. The average Bonchev–Trinajstić information content (AvgIpc) is 2.86. The van der Waals surface area contributed by atoms with Gasteiger partial charge in [0.25, 0.3) is 0 Å². The van der Waals surface area contributed by atoms with Crippen molar-refractivity contribution in [3.8, 4) is 12.3 Å². The summed E-state index contributed by atoms with van der Waals surface area (Å²) >= 11 is 0. The molecule has 0 bridgehead atoms. The summed E-state index contributed by atoms with van der Waals surface area (Å²) in [6.45, 7) is 3.86. The molecule has 0 radical (unpaired) electrons. The highest BCUT2D eigenvalue weighted by atomic mass is 16.5. The van der Waals surface area contributed by atoms with Gasteiger partial charge in [0.1, 0.15) is 0 Å². The number of carbonyl (C=O) groups excluding carboxylic acids is 1. The van der Waals surface area contributed by atoms with Crippen LogP contribution in [0.1, 0.15) is 19.6 Å². The molecule has 1 aromatic rings. The fourth-order valence-electron chi connectivity index (χ4n) is 1.71. The second-order valence-corrected chi connectivity index (χ2v) is 4.83. The van der Waals surface area contributed by atoms with Gasteiger partial charge in [-0.05, 0) is 13.8 Å². The van der Waals surface area contributed by atoms with Crippen molar-refractivity contribution in [2.75, 3.05) is 18.5 Å². The Kier molecular flexibility index (Phi) is 2.79. The number of aromatic nitrogens is 1. The van der Waals surface area contributed by atoms with Gasteiger partial charge >= 0.3 is 6.03 Å². The lowest BCUT2D eigenvalue weighted by atomic mass is 9.92. The van der Waals surface area contributed by atoms with Crippen LogP contribution in [0.5, 0.6) is 0 Å². The van der Waals surface area contributed by atoms with E-state index in [0.29, 0.717) is 5.76 Å². The number of anilines is 1. The minimum absolute atomic E-state index is 0.236. The highest BCUT2D eigenvalue weighted by molar-refractivity contribution is 5.93. The number of hydrogen-bond donors (Lipinski definition) is 1. The molecule has 18 heavy (non-hydrogen) atoms. The monoisotopic (exact) mass is 249 g/mol. The van der Waals surface area contributed by atoms with Crippen molar-refractivity contribution in [2.45, 2.75) is 25.5 Å². The van der Waals surface area contributed by atoms with Crippen molar-refractivity contribution in [1.29, 1.82) is 0 Å². The molecule has 96 valence electrons. The molecule has 1 unspecified atom stereocenters. The van der Waals surface area contributed by atoms with Crippen LogP contribution < -0.4 is 4.90 Å². The van der Waals surface area contributed by atoms with Crippen molar-refractivity contribution in [2.24, 2.45) is 0 Å². The topological polar surface area (TPSA) is 69.8 Å². The van der Waals surface area contributed by atoms with Gasteiger partial charge in [-0.1, -0.05) is 11.1 Å². The van der Waals surface area contributed by atoms with Gasteiger partial charge in [-0.3, -0.25) is 0 Å². The maximum atomic E-state index is 11.8. The summed E-state index contributed by atoms with van der Waals surface area (Å²) in [4.78, 5) is 14.4. The van der Waals surface area contributed by atoms with E-state index in [4.69, 9.17) is 10.9 Å². The summed E-state index contributed by atoms with van der Waals surface area (Å²) in [6, 6.07) is 1.26. The van der Waals surface area contributed by atoms with E-state index in [9.17, 15) is 9.90 Å². The Labute approximate surface area is 105 Å². The zero-order valence-corrected chi connectivity index (χ0v) is 10.5. The first-order chi connectivity index (χ1) is 8.36. The first kappa shape index (κ1) is 12.5. The summed E-state index contributed by atoms with van der Waals surface area (Å²) < 4.78 is 5.15. The van der Waals surface area contributed by atoms with Crippen LogP contribution in [0.25, 0.3) is 0 Å². The zero-order chi connectivity index (χ0) is 13.5. The molecule has 1 N–H and O–H groups in total. The Balaban J connectivity index is 2.32. The zero-order valence-electron chi connectivity index (χ0n) is 10.5. The predicted molar refractivity (Wildman–Crippen MR) is 64.9 cm³/mol. The molecule has 1 aromatic heterocycles. The number of aliphatic hydroxyl groups is 1. The maximum absolute atomic E-state index is 11.8. The lowest BCUT2D eigenvalue weighted by molar-refractivity contribution is 0.182. The summed E-state index contributed by atoms with van der Waals surface area (Å²) in [5.41, 5.74) is -0.606. The van der Waals surface area contributed by atoms with Gasteiger partial charge in [0.2, 0.25) is 0 Å². The van der Waals surface area contributed by atoms with E-state index in [0.717, 1.165) is 0 Å². The van der Waals surface area contributed by atoms with Crippen LogP contribution >= 0.6 is 0 Å². The van der Waals surface area contributed by atoms with Crippen LogP contribution in [-0.4, -0.2) is 41.0 Å². The maximum Gasteiger partial charge on any atom is 0.327 e. The van der Waals surface area contributed by atoms with Crippen molar-refractivity contribution in [3.05, 3.63) is 11.8 Å². The SMILES string of the molecule is C#CC(C)(C)c1cc(N2C(=O)N(C)CC2O)no1. The van der Waals surface area contributed by atoms with Gasteiger partial charge < -0.3 is 14.5 Å². The molecule has 0 saturated carbocycles. The minimum atomic E-state index is -0.922. The third-order valence-corrected chi connectivity index (χ3v) is 2.99. The third-order valence-electron chi connectivity index (χ3n) is 2.99. The van der Waals surface area contributed by atoms with Crippen LogP contribution in [0.3, 0.4) is 0 Å². The molecule has 1 aliphatic heterocycles. The molecule has 2 amide bonds. The normalized spacial score (nSPS) is 20.4. The largest absolute Gasteiger partial charge is 0.371 e. The highest BCUT2D eigenvalue weighted by Crippen LogP contribution is 2.28. The number of carbonyl (C=O) groups is 1. The Morgan fingerprint density at radius 2 is 2.33 bits per heavy atom. The number of likely N-dealkylation sites (N-methyl/N-ethyl adjacent to an activating group) is 1. The Hall–Kier alpha value is -2.00. The van der Waals surface area contributed by atoms with Gasteiger partial charge in [-0.25, -0.2) is 9.69 Å². The summed E-state index contributed by atoms with van der Waals surface area (Å²) in [7, 11) is 1.61. The van der Waals surface area contributed by atoms with E-state index in [2.05, 4.69) is 11.1 Å². The fourth-order valence-corrected chi connectivity index (χ4v) is 1.71. The number of rotatable bonds is 2. The highest BCUT2D eigenvalue weighted by Gasteiger charge is 2.37. The lowest BCUT2D eigenvalue weighted by Crippen LogP contribution is -2.34. The van der Waals surface area contributed by atoms with Crippen molar-refractivity contribution >= 4 is 11.8 Å². The average molecular weight is 249 g/mol. The molecular weight excluding hydrogens is 234 g/mol. The number of nitrogens with zero attached hydrogens (tertiary/aromatic N) is 3. The molecule has 0 aliphatic carbocycles. The molecule has 6 nitrogen and oxygen atoms in total. The third kappa shape index (κ3) is 1.83. The number of terminal acetylenes is 1. The molecule has 1 saturated heterocycles. The van der Waals surface area contributed by atoms with E-state index < -0.39 is 11.6 Å². The molecule has 1 atom stereocenters. The molecule has 1 aliphatic rings. The summed E-state index contributed by atoms with van der Waals surface area (Å²) in [5.74, 6) is 3.34. The summed E-state index contributed by atoms with van der Waals surface area (Å²) in [5, 5.41) is 13.6.